The fourth-order valence-electron chi connectivity index (χ4n) is 3.23. The maximum atomic E-state index is 13.4. The summed E-state index contributed by atoms with van der Waals surface area (Å²) in [6, 6.07) is 5.62. The predicted octanol–water partition coefficient (Wildman–Crippen LogP) is 3.01. The van der Waals surface area contributed by atoms with Gasteiger partial charge in [0, 0.05) is 26.2 Å². The molecule has 0 unspecified atom stereocenters. The van der Waals surface area contributed by atoms with E-state index < -0.39 is 0 Å². The zero-order valence-electron chi connectivity index (χ0n) is 16.9. The van der Waals surface area contributed by atoms with Crippen LogP contribution >= 0.6 is 11.6 Å². The van der Waals surface area contributed by atoms with Gasteiger partial charge in [0.25, 0.3) is 5.91 Å². The largest absolute Gasteiger partial charge is 0.342 e. The molecule has 0 saturated heterocycles. The summed E-state index contributed by atoms with van der Waals surface area (Å²) in [7, 11) is 1.89. The SMILES string of the molecule is CCN(C(=O)c1cc(C)ccc1-n1nccn1)[C@@H](C)CN(C)c1ncc(Cl)cn1. The van der Waals surface area contributed by atoms with Crippen molar-refractivity contribution < 1.29 is 4.79 Å². The number of hydrogen-bond acceptors (Lipinski definition) is 6. The van der Waals surface area contributed by atoms with Crippen molar-refractivity contribution in [2.75, 3.05) is 25.0 Å². The molecule has 0 aliphatic heterocycles. The van der Waals surface area contributed by atoms with E-state index in [4.69, 9.17) is 11.6 Å². The standard InChI is InChI=1S/C20H24ClN7O/c1-5-27(15(3)13-26(4)20-22-11-16(21)12-23-20)19(29)17-10-14(2)6-7-18(17)28-24-8-9-25-28/h6-12,15H,5,13H2,1-4H3/t15-/m0/s1. The summed E-state index contributed by atoms with van der Waals surface area (Å²) in [5.41, 5.74) is 2.23. The van der Waals surface area contributed by atoms with Gasteiger partial charge in [0.15, 0.2) is 0 Å². The molecule has 1 amide bonds. The molecule has 29 heavy (non-hydrogen) atoms. The van der Waals surface area contributed by atoms with Gasteiger partial charge in [-0.05, 0) is 32.9 Å². The minimum atomic E-state index is -0.0734. The van der Waals surface area contributed by atoms with Gasteiger partial charge < -0.3 is 9.80 Å². The van der Waals surface area contributed by atoms with Crippen LogP contribution in [0.25, 0.3) is 5.69 Å². The van der Waals surface area contributed by atoms with Crippen LogP contribution in [0, 0.1) is 6.92 Å². The molecule has 0 aliphatic rings. The lowest BCUT2D eigenvalue weighted by Crippen LogP contribution is -2.45. The van der Waals surface area contributed by atoms with Gasteiger partial charge in [-0.1, -0.05) is 23.2 Å². The number of nitrogens with zero attached hydrogens (tertiary/aromatic N) is 7. The van der Waals surface area contributed by atoms with Crippen LogP contribution in [0.15, 0.2) is 43.0 Å². The third kappa shape index (κ3) is 4.71. The van der Waals surface area contributed by atoms with Crippen molar-refractivity contribution in [3.63, 3.8) is 0 Å². The first kappa shape index (κ1) is 20.7. The van der Waals surface area contributed by atoms with Gasteiger partial charge in [0.05, 0.1) is 41.1 Å². The number of amides is 1. The van der Waals surface area contributed by atoms with Gasteiger partial charge in [-0.25, -0.2) is 9.97 Å². The van der Waals surface area contributed by atoms with Gasteiger partial charge in [0.2, 0.25) is 5.95 Å². The molecular formula is C20H24ClN7O. The second-order valence-corrected chi connectivity index (χ2v) is 7.30. The normalized spacial score (nSPS) is 11.9. The predicted molar refractivity (Wildman–Crippen MR) is 113 cm³/mol. The summed E-state index contributed by atoms with van der Waals surface area (Å²) >= 11 is 5.87. The Morgan fingerprint density at radius 3 is 2.48 bits per heavy atom. The van der Waals surface area contributed by atoms with E-state index in [1.807, 2.05) is 55.8 Å². The van der Waals surface area contributed by atoms with E-state index in [2.05, 4.69) is 20.2 Å². The first-order valence-electron chi connectivity index (χ1n) is 9.37. The van der Waals surface area contributed by atoms with Gasteiger partial charge >= 0.3 is 0 Å². The Morgan fingerprint density at radius 1 is 1.21 bits per heavy atom. The Labute approximate surface area is 175 Å². The zero-order valence-corrected chi connectivity index (χ0v) is 17.7. The lowest BCUT2D eigenvalue weighted by molar-refractivity contribution is 0.0708. The smallest absolute Gasteiger partial charge is 0.256 e. The summed E-state index contributed by atoms with van der Waals surface area (Å²) < 4.78 is 0. The Hall–Kier alpha value is -3.00. The van der Waals surface area contributed by atoms with Crippen molar-refractivity contribution in [2.45, 2.75) is 26.8 Å². The van der Waals surface area contributed by atoms with E-state index in [9.17, 15) is 4.79 Å². The van der Waals surface area contributed by atoms with Crippen molar-refractivity contribution in [1.82, 2.24) is 29.9 Å². The minimum absolute atomic E-state index is 0.0681. The summed E-state index contributed by atoms with van der Waals surface area (Å²) in [6.45, 7) is 7.07. The highest BCUT2D eigenvalue weighted by molar-refractivity contribution is 6.30. The molecule has 0 radical (unpaired) electrons. The summed E-state index contributed by atoms with van der Waals surface area (Å²) in [4.78, 5) is 27.1. The first-order valence-corrected chi connectivity index (χ1v) is 9.75. The quantitative estimate of drug-likeness (QED) is 0.592. The molecule has 0 bridgehead atoms. The average molecular weight is 414 g/mol. The highest BCUT2D eigenvalue weighted by Gasteiger charge is 2.25. The molecule has 3 rings (SSSR count). The molecule has 2 heterocycles. The maximum Gasteiger partial charge on any atom is 0.256 e. The molecule has 0 fully saturated rings. The topological polar surface area (TPSA) is 80.0 Å². The van der Waals surface area contributed by atoms with Crippen LogP contribution in [-0.4, -0.2) is 61.9 Å². The Balaban J connectivity index is 1.83. The summed E-state index contributed by atoms with van der Waals surface area (Å²) in [5.74, 6) is 0.489. The minimum Gasteiger partial charge on any atom is -0.342 e. The van der Waals surface area contributed by atoms with Crippen LogP contribution in [0.1, 0.15) is 29.8 Å². The number of aryl methyl sites for hydroxylation is 1. The number of benzene rings is 1. The number of carbonyl (C=O) groups excluding carboxylic acids is 1. The van der Waals surface area contributed by atoms with E-state index in [1.54, 1.807) is 24.8 Å². The maximum absolute atomic E-state index is 13.4. The van der Waals surface area contributed by atoms with Gasteiger partial charge in [-0.3, -0.25) is 4.79 Å². The van der Waals surface area contributed by atoms with Crippen LogP contribution in [0.3, 0.4) is 0 Å². The third-order valence-corrected chi connectivity index (χ3v) is 4.83. The van der Waals surface area contributed by atoms with Gasteiger partial charge in [-0.2, -0.15) is 15.0 Å². The number of aromatic nitrogens is 5. The molecule has 9 heteroatoms. The van der Waals surface area contributed by atoms with Gasteiger partial charge in [-0.15, -0.1) is 0 Å². The van der Waals surface area contributed by atoms with E-state index in [0.29, 0.717) is 35.3 Å². The number of likely N-dealkylation sites (N-methyl/N-ethyl adjacent to an activating group) is 2. The fraction of sp³-hybridized carbons (Fsp3) is 0.350. The van der Waals surface area contributed by atoms with E-state index in [1.165, 1.54) is 4.80 Å². The van der Waals surface area contributed by atoms with E-state index >= 15 is 0 Å². The average Bonchev–Trinajstić information content (AvgIpc) is 3.23. The second kappa shape index (κ2) is 9.00. The molecule has 1 aromatic carbocycles. The van der Waals surface area contributed by atoms with Crippen molar-refractivity contribution >= 4 is 23.5 Å². The molecule has 0 N–H and O–H groups in total. The first-order chi connectivity index (χ1) is 13.9. The summed E-state index contributed by atoms with van der Waals surface area (Å²) in [6.07, 6.45) is 6.30. The molecule has 3 aromatic rings. The van der Waals surface area contributed by atoms with Crippen molar-refractivity contribution in [3.05, 3.63) is 59.1 Å². The van der Waals surface area contributed by atoms with Gasteiger partial charge in [0.1, 0.15) is 0 Å². The monoisotopic (exact) mass is 413 g/mol. The lowest BCUT2D eigenvalue weighted by Gasteiger charge is -2.32. The highest BCUT2D eigenvalue weighted by atomic mass is 35.5. The Bertz CT molecular complexity index is 959. The summed E-state index contributed by atoms with van der Waals surface area (Å²) in [5, 5.41) is 8.85. The number of rotatable bonds is 7. The number of hydrogen-bond donors (Lipinski definition) is 0. The van der Waals surface area contributed by atoms with Crippen LogP contribution in [0.2, 0.25) is 5.02 Å². The Kier molecular flexibility index (Phi) is 6.43. The van der Waals surface area contributed by atoms with Crippen LogP contribution < -0.4 is 4.90 Å². The highest BCUT2D eigenvalue weighted by Crippen LogP contribution is 2.19. The Morgan fingerprint density at radius 2 is 1.86 bits per heavy atom. The molecule has 0 spiro atoms. The molecule has 152 valence electrons. The molecule has 8 nitrogen and oxygen atoms in total. The number of anilines is 1. The van der Waals surface area contributed by atoms with E-state index in [-0.39, 0.29) is 11.9 Å². The van der Waals surface area contributed by atoms with Crippen molar-refractivity contribution in [1.29, 1.82) is 0 Å². The third-order valence-electron chi connectivity index (χ3n) is 4.64. The fourth-order valence-corrected chi connectivity index (χ4v) is 3.32. The zero-order chi connectivity index (χ0) is 21.0. The molecule has 0 saturated carbocycles. The number of halogens is 1. The molecule has 2 aromatic heterocycles. The lowest BCUT2D eigenvalue weighted by atomic mass is 10.1. The molecule has 1 atom stereocenters. The molecular weight excluding hydrogens is 390 g/mol. The van der Waals surface area contributed by atoms with Crippen molar-refractivity contribution in [3.8, 4) is 5.69 Å². The number of carbonyl (C=O) groups is 1. The van der Waals surface area contributed by atoms with E-state index in [0.717, 1.165) is 5.56 Å². The van der Waals surface area contributed by atoms with Crippen LogP contribution in [0.4, 0.5) is 5.95 Å². The van der Waals surface area contributed by atoms with Crippen LogP contribution in [0.5, 0.6) is 0 Å². The van der Waals surface area contributed by atoms with Crippen LogP contribution in [-0.2, 0) is 0 Å². The molecule has 0 aliphatic carbocycles. The second-order valence-electron chi connectivity index (χ2n) is 6.86. The van der Waals surface area contributed by atoms with Crippen molar-refractivity contribution in [2.24, 2.45) is 0 Å².